The normalized spacial score (nSPS) is 26.6. The zero-order chi connectivity index (χ0) is 15.3. The van der Waals surface area contributed by atoms with Crippen molar-refractivity contribution in [2.75, 3.05) is 31.7 Å². The Morgan fingerprint density at radius 3 is 2.76 bits per heavy atom. The maximum Gasteiger partial charge on any atom is 0.256 e. The van der Waals surface area contributed by atoms with Gasteiger partial charge in [0.05, 0.1) is 16.5 Å². The van der Waals surface area contributed by atoms with Gasteiger partial charge in [0.2, 0.25) is 0 Å². The number of rotatable bonds is 3. The molecule has 2 fully saturated rings. The van der Waals surface area contributed by atoms with Gasteiger partial charge in [-0.2, -0.15) is 0 Å². The van der Waals surface area contributed by atoms with Crippen molar-refractivity contribution in [3.05, 3.63) is 16.1 Å². The van der Waals surface area contributed by atoms with Crippen LogP contribution in [0.3, 0.4) is 0 Å². The largest absolute Gasteiger partial charge is 0.366 e. The van der Waals surface area contributed by atoms with Crippen molar-refractivity contribution in [2.24, 2.45) is 0 Å². The standard InChI is InChI=1S/C13H18N2O4S2/c1-9-6-20-11(14-9)10-3-4-15(5-10)12(16)13(19-2)7-21(17,18)8-13/h6,10H,3-5,7-8H2,1-2H3. The zero-order valence-electron chi connectivity index (χ0n) is 12.0. The van der Waals surface area contributed by atoms with E-state index < -0.39 is 15.4 Å². The van der Waals surface area contributed by atoms with Crippen LogP contribution in [0.2, 0.25) is 0 Å². The summed E-state index contributed by atoms with van der Waals surface area (Å²) in [6.45, 7) is 3.18. The topological polar surface area (TPSA) is 76.6 Å². The summed E-state index contributed by atoms with van der Waals surface area (Å²) in [5, 5.41) is 3.06. The number of hydrogen-bond acceptors (Lipinski definition) is 6. The van der Waals surface area contributed by atoms with Crippen molar-refractivity contribution < 1.29 is 17.9 Å². The van der Waals surface area contributed by atoms with E-state index in [-0.39, 0.29) is 23.3 Å². The van der Waals surface area contributed by atoms with Crippen molar-refractivity contribution in [2.45, 2.75) is 24.9 Å². The molecule has 1 aromatic rings. The molecule has 0 bridgehead atoms. The molecule has 2 aliphatic heterocycles. The molecule has 3 heterocycles. The van der Waals surface area contributed by atoms with Gasteiger partial charge in [0, 0.05) is 37.2 Å². The molecule has 3 rings (SSSR count). The van der Waals surface area contributed by atoms with Gasteiger partial charge in [-0.3, -0.25) is 4.79 Å². The number of hydrogen-bond donors (Lipinski definition) is 0. The second-order valence-electron chi connectivity index (χ2n) is 5.79. The van der Waals surface area contributed by atoms with Crippen molar-refractivity contribution >= 4 is 27.1 Å². The number of amides is 1. The highest BCUT2D eigenvalue weighted by Gasteiger charge is 2.57. The molecule has 2 aliphatic rings. The lowest BCUT2D eigenvalue weighted by Crippen LogP contribution is -2.65. The van der Waals surface area contributed by atoms with Crippen LogP contribution in [0.1, 0.15) is 23.0 Å². The Bertz CT molecular complexity index is 655. The van der Waals surface area contributed by atoms with E-state index in [1.807, 2.05) is 12.3 Å². The highest BCUT2D eigenvalue weighted by Crippen LogP contribution is 2.34. The Kier molecular flexibility index (Phi) is 3.58. The average Bonchev–Trinajstić information content (AvgIpc) is 3.02. The van der Waals surface area contributed by atoms with Crippen LogP contribution in [-0.4, -0.2) is 61.5 Å². The quantitative estimate of drug-likeness (QED) is 0.810. The van der Waals surface area contributed by atoms with Gasteiger partial charge in [-0.25, -0.2) is 13.4 Å². The van der Waals surface area contributed by atoms with Gasteiger partial charge in [0.15, 0.2) is 15.4 Å². The predicted octanol–water partition coefficient (Wildman–Crippen LogP) is 0.581. The lowest BCUT2D eigenvalue weighted by atomic mass is 10.1. The van der Waals surface area contributed by atoms with Crippen LogP contribution < -0.4 is 0 Å². The molecule has 1 amide bonds. The lowest BCUT2D eigenvalue weighted by molar-refractivity contribution is -0.150. The van der Waals surface area contributed by atoms with Crippen LogP contribution >= 0.6 is 11.3 Å². The van der Waals surface area contributed by atoms with Crippen LogP contribution in [0.25, 0.3) is 0 Å². The number of ether oxygens (including phenoxy) is 1. The second kappa shape index (κ2) is 5.03. The molecule has 21 heavy (non-hydrogen) atoms. The second-order valence-corrected chi connectivity index (χ2v) is 8.75. The molecule has 1 unspecified atom stereocenters. The lowest BCUT2D eigenvalue weighted by Gasteiger charge is -2.40. The van der Waals surface area contributed by atoms with Crippen LogP contribution in [0.4, 0.5) is 0 Å². The molecule has 1 atom stereocenters. The molecule has 0 radical (unpaired) electrons. The molecule has 0 aromatic carbocycles. The van der Waals surface area contributed by atoms with Gasteiger partial charge in [0.25, 0.3) is 5.91 Å². The Morgan fingerprint density at radius 1 is 1.52 bits per heavy atom. The van der Waals surface area contributed by atoms with Crippen LogP contribution in [0, 0.1) is 6.92 Å². The molecule has 2 saturated heterocycles. The van der Waals surface area contributed by atoms with Gasteiger partial charge < -0.3 is 9.64 Å². The maximum atomic E-state index is 12.6. The third kappa shape index (κ3) is 2.60. The predicted molar refractivity (Wildman–Crippen MR) is 79.2 cm³/mol. The first kappa shape index (κ1) is 14.9. The molecule has 0 N–H and O–H groups in total. The molecule has 1 aromatic heterocycles. The molecule has 0 saturated carbocycles. The minimum absolute atomic E-state index is 0.199. The van der Waals surface area contributed by atoms with Crippen LogP contribution in [0.15, 0.2) is 5.38 Å². The molecular weight excluding hydrogens is 312 g/mol. The van der Waals surface area contributed by atoms with Crippen LogP contribution in [0.5, 0.6) is 0 Å². The summed E-state index contributed by atoms with van der Waals surface area (Å²) in [7, 11) is -1.71. The number of methoxy groups -OCH3 is 1. The first-order valence-electron chi connectivity index (χ1n) is 6.82. The summed E-state index contributed by atoms with van der Waals surface area (Å²) in [4.78, 5) is 18.8. The van der Waals surface area contributed by atoms with Crippen LogP contribution in [-0.2, 0) is 19.4 Å². The summed E-state index contributed by atoms with van der Waals surface area (Å²) < 4.78 is 28.1. The summed E-state index contributed by atoms with van der Waals surface area (Å²) in [6.07, 6.45) is 0.866. The van der Waals surface area contributed by atoms with Crippen molar-refractivity contribution in [3.8, 4) is 0 Å². The van der Waals surface area contributed by atoms with Gasteiger partial charge in [-0.15, -0.1) is 11.3 Å². The SMILES string of the molecule is COC1(C(=O)N2CCC(c3nc(C)cs3)C2)CS(=O)(=O)C1. The zero-order valence-corrected chi connectivity index (χ0v) is 13.7. The van der Waals surface area contributed by atoms with Crippen molar-refractivity contribution in [1.82, 2.24) is 9.88 Å². The Labute approximate surface area is 128 Å². The number of carbonyl (C=O) groups is 1. The Balaban J connectivity index is 1.70. The van der Waals surface area contributed by atoms with Gasteiger partial charge in [-0.1, -0.05) is 0 Å². The van der Waals surface area contributed by atoms with E-state index in [4.69, 9.17) is 4.74 Å². The first-order chi connectivity index (χ1) is 9.85. The van der Waals surface area contributed by atoms with E-state index in [2.05, 4.69) is 4.98 Å². The number of aromatic nitrogens is 1. The third-order valence-electron chi connectivity index (χ3n) is 4.15. The fourth-order valence-electron chi connectivity index (χ4n) is 2.99. The van der Waals surface area contributed by atoms with E-state index in [1.54, 1.807) is 16.2 Å². The molecule has 8 heteroatoms. The third-order valence-corrected chi connectivity index (χ3v) is 7.09. The van der Waals surface area contributed by atoms with Gasteiger partial charge in [0.1, 0.15) is 0 Å². The smallest absolute Gasteiger partial charge is 0.256 e. The monoisotopic (exact) mass is 330 g/mol. The van der Waals surface area contributed by atoms with E-state index in [9.17, 15) is 13.2 Å². The number of thiazole rings is 1. The first-order valence-corrected chi connectivity index (χ1v) is 9.52. The van der Waals surface area contributed by atoms with E-state index in [0.29, 0.717) is 13.1 Å². The van der Waals surface area contributed by atoms with E-state index >= 15 is 0 Å². The van der Waals surface area contributed by atoms with Crippen molar-refractivity contribution in [3.63, 3.8) is 0 Å². The number of sulfone groups is 1. The molecule has 0 spiro atoms. The maximum absolute atomic E-state index is 12.6. The fraction of sp³-hybridized carbons (Fsp3) is 0.692. The summed E-state index contributed by atoms with van der Waals surface area (Å²) in [5.41, 5.74) is -0.162. The summed E-state index contributed by atoms with van der Waals surface area (Å²) >= 11 is 1.62. The van der Waals surface area contributed by atoms with Gasteiger partial charge >= 0.3 is 0 Å². The summed E-state index contributed by atoms with van der Waals surface area (Å²) in [6, 6.07) is 0. The van der Waals surface area contributed by atoms with E-state index in [1.165, 1.54) is 7.11 Å². The fourth-order valence-corrected chi connectivity index (χ4v) is 5.74. The van der Waals surface area contributed by atoms with E-state index in [0.717, 1.165) is 17.1 Å². The minimum atomic E-state index is -3.12. The molecule has 116 valence electrons. The molecule has 6 nitrogen and oxygen atoms in total. The minimum Gasteiger partial charge on any atom is -0.366 e. The molecular formula is C13H18N2O4S2. The Hall–Kier alpha value is -0.990. The highest BCUT2D eigenvalue weighted by atomic mass is 32.2. The number of aryl methyl sites for hydroxylation is 1. The van der Waals surface area contributed by atoms with Crippen molar-refractivity contribution in [1.29, 1.82) is 0 Å². The summed E-state index contributed by atoms with van der Waals surface area (Å²) in [5.74, 6) is -0.353. The number of carbonyl (C=O) groups excluding carboxylic acids is 1. The highest BCUT2D eigenvalue weighted by molar-refractivity contribution is 7.93. The molecule has 0 aliphatic carbocycles. The average molecular weight is 330 g/mol. The van der Waals surface area contributed by atoms with Gasteiger partial charge in [-0.05, 0) is 13.3 Å². The Morgan fingerprint density at radius 2 is 2.24 bits per heavy atom. The number of likely N-dealkylation sites (tertiary alicyclic amines) is 1. The number of nitrogens with zero attached hydrogens (tertiary/aromatic N) is 2.